The number of rotatable bonds is 4. The largest absolute Gasteiger partial charge is 0.322 e. The van der Waals surface area contributed by atoms with Crippen LogP contribution in [0.2, 0.25) is 0 Å². The van der Waals surface area contributed by atoms with Gasteiger partial charge < -0.3 is 5.32 Å². The summed E-state index contributed by atoms with van der Waals surface area (Å²) in [6, 6.07) is 14.2. The van der Waals surface area contributed by atoms with Crippen LogP contribution in [0.15, 0.2) is 53.4 Å². The summed E-state index contributed by atoms with van der Waals surface area (Å²) in [5, 5.41) is 2.82. The quantitative estimate of drug-likeness (QED) is 0.851. The first-order chi connectivity index (χ1) is 9.99. The van der Waals surface area contributed by atoms with Crippen molar-refractivity contribution in [3.8, 4) is 0 Å². The number of hydrogen-bond donors (Lipinski definition) is 2. The maximum Gasteiger partial charge on any atom is 0.257 e. The first-order valence-corrected chi connectivity index (χ1v) is 8.22. The van der Waals surface area contributed by atoms with Gasteiger partial charge >= 0.3 is 0 Å². The molecule has 2 aromatic rings. The van der Waals surface area contributed by atoms with E-state index in [1.807, 2.05) is 6.07 Å². The highest BCUT2D eigenvalue weighted by Gasteiger charge is 2.15. The molecular formula is C15H16N2O2S2. The van der Waals surface area contributed by atoms with E-state index in [1.54, 1.807) is 60.1 Å². The third-order valence-corrected chi connectivity index (χ3v) is 4.26. The topological polar surface area (TPSA) is 49.4 Å². The summed E-state index contributed by atoms with van der Waals surface area (Å²) in [5.41, 5.74) is 1.79. The van der Waals surface area contributed by atoms with Crippen LogP contribution in [0.5, 0.6) is 0 Å². The third-order valence-electron chi connectivity index (χ3n) is 3.00. The molecule has 0 aromatic heterocycles. The summed E-state index contributed by atoms with van der Waals surface area (Å²) in [6.07, 6.45) is 1.57. The number of nitrogens with one attached hydrogen (secondary N) is 1. The van der Waals surface area contributed by atoms with E-state index in [0.717, 1.165) is 4.90 Å². The molecule has 0 heterocycles. The lowest BCUT2D eigenvalue weighted by Gasteiger charge is -2.19. The van der Waals surface area contributed by atoms with Crippen LogP contribution < -0.4 is 9.62 Å². The fourth-order valence-electron chi connectivity index (χ4n) is 1.82. The Kier molecular flexibility index (Phi) is 5.03. The summed E-state index contributed by atoms with van der Waals surface area (Å²) in [7, 11) is 0.498. The average molecular weight is 320 g/mol. The minimum atomic E-state index is -1.19. The molecule has 0 aliphatic heterocycles. The summed E-state index contributed by atoms with van der Waals surface area (Å²) in [6.45, 7) is 0. The Labute approximate surface area is 132 Å². The fraction of sp³-hybridized carbons (Fsp3) is 0.133. The predicted octanol–water partition coefficient (Wildman–Crippen LogP) is 2.96. The highest BCUT2D eigenvalue weighted by atomic mass is 32.2. The number of anilines is 2. The highest BCUT2D eigenvalue weighted by molar-refractivity contribution is 7.85. The summed E-state index contributed by atoms with van der Waals surface area (Å²) < 4.78 is 13.2. The van der Waals surface area contributed by atoms with Gasteiger partial charge in [-0.3, -0.25) is 9.10 Å². The van der Waals surface area contributed by atoms with Crippen LogP contribution in [-0.4, -0.2) is 23.4 Å². The van der Waals surface area contributed by atoms with Gasteiger partial charge in [0, 0.05) is 23.9 Å². The third kappa shape index (κ3) is 3.86. The number of thiol groups is 1. The lowest BCUT2D eigenvalue weighted by Crippen LogP contribution is -2.23. The van der Waals surface area contributed by atoms with Crippen LogP contribution in [0, 0.1) is 0 Å². The smallest absolute Gasteiger partial charge is 0.257 e. The van der Waals surface area contributed by atoms with E-state index >= 15 is 0 Å². The second kappa shape index (κ2) is 6.78. The van der Waals surface area contributed by atoms with E-state index in [-0.39, 0.29) is 5.91 Å². The molecule has 0 fully saturated rings. The Balaban J connectivity index is 2.27. The number of carbonyl (C=O) groups excluding carboxylic acids is 1. The van der Waals surface area contributed by atoms with Gasteiger partial charge in [-0.2, -0.15) is 0 Å². The molecule has 0 radical (unpaired) electrons. The number of amides is 1. The van der Waals surface area contributed by atoms with Crippen LogP contribution >= 0.6 is 12.6 Å². The van der Waals surface area contributed by atoms with Crippen molar-refractivity contribution in [2.45, 2.75) is 4.90 Å². The van der Waals surface area contributed by atoms with Crippen LogP contribution in [0.25, 0.3) is 0 Å². The lowest BCUT2D eigenvalue weighted by atomic mass is 10.1. The second-order valence-electron chi connectivity index (χ2n) is 4.44. The molecule has 0 spiro atoms. The average Bonchev–Trinajstić information content (AvgIpc) is 2.48. The van der Waals surface area contributed by atoms with Crippen molar-refractivity contribution in [2.75, 3.05) is 22.9 Å². The van der Waals surface area contributed by atoms with E-state index in [0.29, 0.717) is 16.9 Å². The molecular weight excluding hydrogens is 304 g/mol. The standard InChI is InChI=1S/C15H16N2O2S2/c1-17(21(2)19)14-6-4-3-5-13(14)15(18)16-11-7-9-12(20)10-8-11/h3-10,20H,1-2H3,(H,16,18). The molecule has 0 aliphatic rings. The van der Waals surface area contributed by atoms with Gasteiger partial charge in [0.2, 0.25) is 0 Å². The molecule has 0 aliphatic carbocycles. The first kappa shape index (κ1) is 15.6. The molecule has 6 heteroatoms. The number of para-hydroxylation sites is 1. The van der Waals surface area contributed by atoms with E-state index < -0.39 is 11.0 Å². The zero-order valence-electron chi connectivity index (χ0n) is 11.7. The highest BCUT2D eigenvalue weighted by Crippen LogP contribution is 2.22. The molecule has 1 atom stereocenters. The Morgan fingerprint density at radius 3 is 2.38 bits per heavy atom. The number of hydrogen-bond acceptors (Lipinski definition) is 3. The molecule has 4 nitrogen and oxygen atoms in total. The minimum Gasteiger partial charge on any atom is -0.322 e. The van der Waals surface area contributed by atoms with E-state index in [1.165, 1.54) is 0 Å². The molecule has 1 N–H and O–H groups in total. The van der Waals surface area contributed by atoms with Gasteiger partial charge in [0.05, 0.1) is 11.3 Å². The maximum atomic E-state index is 12.4. The fourth-order valence-corrected chi connectivity index (χ4v) is 2.41. The molecule has 0 saturated carbocycles. The number of nitrogens with zero attached hydrogens (tertiary/aromatic N) is 1. The van der Waals surface area contributed by atoms with Gasteiger partial charge in [-0.05, 0) is 36.4 Å². The van der Waals surface area contributed by atoms with E-state index in [9.17, 15) is 9.00 Å². The molecule has 0 saturated heterocycles. The van der Waals surface area contributed by atoms with Crippen molar-refractivity contribution in [1.29, 1.82) is 0 Å². The Hall–Kier alpha value is -1.79. The molecule has 1 unspecified atom stereocenters. The molecule has 2 rings (SSSR count). The Bertz CT molecular complexity index is 672. The molecule has 0 bridgehead atoms. The van der Waals surface area contributed by atoms with Gasteiger partial charge in [0.25, 0.3) is 5.91 Å². The number of benzene rings is 2. The van der Waals surface area contributed by atoms with Gasteiger partial charge in [-0.15, -0.1) is 12.6 Å². The van der Waals surface area contributed by atoms with Crippen molar-refractivity contribution >= 4 is 40.9 Å². The summed E-state index contributed by atoms with van der Waals surface area (Å²) >= 11 is 4.20. The molecule has 110 valence electrons. The van der Waals surface area contributed by atoms with Crippen LogP contribution in [0.4, 0.5) is 11.4 Å². The SMILES string of the molecule is CN(c1ccccc1C(=O)Nc1ccc(S)cc1)S(C)=O. The number of carbonyl (C=O) groups is 1. The predicted molar refractivity (Wildman–Crippen MR) is 90.6 cm³/mol. The summed E-state index contributed by atoms with van der Waals surface area (Å²) in [5.74, 6) is -0.241. The van der Waals surface area contributed by atoms with Crippen molar-refractivity contribution in [3.63, 3.8) is 0 Å². The van der Waals surface area contributed by atoms with Gasteiger partial charge in [0.15, 0.2) is 0 Å². The first-order valence-electron chi connectivity index (χ1n) is 6.25. The van der Waals surface area contributed by atoms with Gasteiger partial charge in [-0.25, -0.2) is 4.21 Å². The summed E-state index contributed by atoms with van der Waals surface area (Å²) in [4.78, 5) is 13.2. The van der Waals surface area contributed by atoms with Gasteiger partial charge in [-0.1, -0.05) is 12.1 Å². The molecule has 21 heavy (non-hydrogen) atoms. The minimum absolute atomic E-state index is 0.241. The van der Waals surface area contributed by atoms with Crippen molar-refractivity contribution in [1.82, 2.24) is 0 Å². The van der Waals surface area contributed by atoms with Crippen molar-refractivity contribution in [3.05, 3.63) is 54.1 Å². The van der Waals surface area contributed by atoms with E-state index in [2.05, 4.69) is 17.9 Å². The maximum absolute atomic E-state index is 12.4. The van der Waals surface area contributed by atoms with Crippen molar-refractivity contribution in [2.24, 2.45) is 0 Å². The van der Waals surface area contributed by atoms with Crippen LogP contribution in [0.1, 0.15) is 10.4 Å². The lowest BCUT2D eigenvalue weighted by molar-refractivity contribution is 0.102. The van der Waals surface area contributed by atoms with Crippen LogP contribution in [-0.2, 0) is 11.0 Å². The van der Waals surface area contributed by atoms with Gasteiger partial charge in [0.1, 0.15) is 11.0 Å². The molecule has 2 aromatic carbocycles. The Morgan fingerprint density at radius 2 is 1.76 bits per heavy atom. The zero-order valence-corrected chi connectivity index (χ0v) is 13.4. The monoisotopic (exact) mass is 320 g/mol. The molecule has 1 amide bonds. The normalized spacial score (nSPS) is 11.8. The second-order valence-corrected chi connectivity index (χ2v) is 6.35. The van der Waals surface area contributed by atoms with Crippen molar-refractivity contribution < 1.29 is 9.00 Å². The zero-order chi connectivity index (χ0) is 15.4. The Morgan fingerprint density at radius 1 is 1.14 bits per heavy atom. The van der Waals surface area contributed by atoms with Crippen LogP contribution in [0.3, 0.4) is 0 Å². The van der Waals surface area contributed by atoms with E-state index in [4.69, 9.17) is 0 Å².